The van der Waals surface area contributed by atoms with Crippen molar-refractivity contribution in [3.05, 3.63) is 29.3 Å². The van der Waals surface area contributed by atoms with Crippen molar-refractivity contribution < 1.29 is 17.9 Å². The Morgan fingerprint density at radius 2 is 2.15 bits per heavy atom. The maximum atomic E-state index is 12.4. The van der Waals surface area contributed by atoms with Crippen molar-refractivity contribution >= 4 is 25.6 Å². The zero-order valence-electron chi connectivity index (χ0n) is 11.3. The van der Waals surface area contributed by atoms with Crippen molar-refractivity contribution in [2.24, 2.45) is 0 Å². The summed E-state index contributed by atoms with van der Waals surface area (Å²) in [7, 11) is 3.14. The second-order valence-electron chi connectivity index (χ2n) is 4.81. The molecular formula is C13H16ClNO4S. The molecule has 110 valence electrons. The van der Waals surface area contributed by atoms with E-state index in [2.05, 4.69) is 0 Å². The average molecular weight is 318 g/mol. The second-order valence-corrected chi connectivity index (χ2v) is 7.38. The van der Waals surface area contributed by atoms with Crippen LogP contribution in [0.4, 0.5) is 0 Å². The minimum atomic E-state index is -3.77. The van der Waals surface area contributed by atoms with Crippen LogP contribution in [0.3, 0.4) is 0 Å². The Morgan fingerprint density at radius 1 is 1.45 bits per heavy atom. The van der Waals surface area contributed by atoms with Gasteiger partial charge in [-0.1, -0.05) is 0 Å². The van der Waals surface area contributed by atoms with Gasteiger partial charge in [-0.15, -0.1) is 0 Å². The summed E-state index contributed by atoms with van der Waals surface area (Å²) in [6.07, 6.45) is 0.886. The fourth-order valence-electron chi connectivity index (χ4n) is 2.30. The summed E-state index contributed by atoms with van der Waals surface area (Å²) >= 11 is 0. The molecule has 0 N–H and O–H groups in total. The van der Waals surface area contributed by atoms with Crippen LogP contribution in [-0.2, 0) is 13.8 Å². The molecule has 1 aliphatic heterocycles. The highest BCUT2D eigenvalue weighted by atomic mass is 35.7. The van der Waals surface area contributed by atoms with E-state index in [1.54, 1.807) is 18.9 Å². The lowest BCUT2D eigenvalue weighted by molar-refractivity contribution is 0.0723. The molecule has 2 rings (SSSR count). The molecule has 1 aliphatic rings. The molecule has 1 fully saturated rings. The molecule has 0 saturated carbocycles. The molecule has 1 amide bonds. The maximum absolute atomic E-state index is 12.4. The number of benzene rings is 1. The third kappa shape index (κ3) is 3.13. The maximum Gasteiger partial charge on any atom is 0.261 e. The Hall–Kier alpha value is -1.11. The van der Waals surface area contributed by atoms with Crippen LogP contribution in [-0.4, -0.2) is 45.5 Å². The number of carbonyl (C=O) groups is 1. The van der Waals surface area contributed by atoms with Gasteiger partial charge in [0, 0.05) is 36.4 Å². The number of nitrogens with zero attached hydrogens (tertiary/aromatic N) is 1. The van der Waals surface area contributed by atoms with Crippen molar-refractivity contribution in [2.75, 3.05) is 20.2 Å². The first kappa shape index (κ1) is 15.3. The first-order valence-corrected chi connectivity index (χ1v) is 8.51. The van der Waals surface area contributed by atoms with E-state index in [4.69, 9.17) is 15.4 Å². The average Bonchev–Trinajstić information content (AvgIpc) is 2.85. The molecule has 0 radical (unpaired) electrons. The Morgan fingerprint density at radius 3 is 2.65 bits per heavy atom. The van der Waals surface area contributed by atoms with Crippen LogP contribution in [0.2, 0.25) is 0 Å². The SMILES string of the molecule is COC1CCN(C(=O)c2ccc(S(=O)(=O)Cl)cc2C)C1. The standard InChI is InChI=1S/C13H16ClNO4S/c1-9-7-11(20(14,17)18)3-4-12(9)13(16)15-6-5-10(8-15)19-2/h3-4,7,10H,5-6,8H2,1-2H3. The van der Waals surface area contributed by atoms with Crippen molar-refractivity contribution in [3.8, 4) is 0 Å². The Bertz CT molecular complexity index is 629. The molecule has 1 aromatic rings. The monoisotopic (exact) mass is 317 g/mol. The molecule has 0 spiro atoms. The van der Waals surface area contributed by atoms with E-state index in [-0.39, 0.29) is 16.9 Å². The number of carbonyl (C=O) groups excluding carboxylic acids is 1. The smallest absolute Gasteiger partial charge is 0.261 e. The summed E-state index contributed by atoms with van der Waals surface area (Å²) < 4.78 is 27.7. The van der Waals surface area contributed by atoms with Gasteiger partial charge in [0.25, 0.3) is 15.0 Å². The topological polar surface area (TPSA) is 63.7 Å². The highest BCUT2D eigenvalue weighted by Gasteiger charge is 2.27. The lowest BCUT2D eigenvalue weighted by Gasteiger charge is -2.17. The molecule has 0 aromatic heterocycles. The molecule has 1 heterocycles. The summed E-state index contributed by atoms with van der Waals surface area (Å²) in [5.41, 5.74) is 1.09. The predicted molar refractivity (Wildman–Crippen MR) is 75.5 cm³/mol. The minimum Gasteiger partial charge on any atom is -0.380 e. The summed E-state index contributed by atoms with van der Waals surface area (Å²) in [6, 6.07) is 4.28. The van der Waals surface area contributed by atoms with Crippen LogP contribution in [0.5, 0.6) is 0 Å². The van der Waals surface area contributed by atoms with Gasteiger partial charge in [0.1, 0.15) is 0 Å². The number of ether oxygens (including phenoxy) is 1. The first-order valence-electron chi connectivity index (χ1n) is 6.20. The van der Waals surface area contributed by atoms with Crippen molar-refractivity contribution in [1.82, 2.24) is 4.90 Å². The first-order chi connectivity index (χ1) is 9.32. The highest BCUT2D eigenvalue weighted by molar-refractivity contribution is 8.13. The van der Waals surface area contributed by atoms with E-state index in [0.29, 0.717) is 24.2 Å². The van der Waals surface area contributed by atoms with Gasteiger partial charge in [-0.2, -0.15) is 0 Å². The Kier molecular flexibility index (Phi) is 4.36. The second kappa shape index (κ2) is 5.71. The number of methoxy groups -OCH3 is 1. The number of halogens is 1. The van der Waals surface area contributed by atoms with Gasteiger partial charge in [-0.25, -0.2) is 8.42 Å². The van der Waals surface area contributed by atoms with E-state index in [1.165, 1.54) is 18.2 Å². The zero-order valence-corrected chi connectivity index (χ0v) is 12.9. The quantitative estimate of drug-likeness (QED) is 0.797. The molecule has 0 bridgehead atoms. The fourth-order valence-corrected chi connectivity index (χ4v) is 3.14. The summed E-state index contributed by atoms with van der Waals surface area (Å²) in [5.74, 6) is -0.111. The highest BCUT2D eigenvalue weighted by Crippen LogP contribution is 2.22. The molecule has 1 atom stereocenters. The Labute approximate surface area is 122 Å². The third-order valence-electron chi connectivity index (χ3n) is 3.48. The number of amides is 1. The Balaban J connectivity index is 2.24. The van der Waals surface area contributed by atoms with Crippen LogP contribution in [0, 0.1) is 6.92 Å². The zero-order chi connectivity index (χ0) is 14.9. The molecule has 1 unspecified atom stereocenters. The molecule has 7 heteroatoms. The van der Waals surface area contributed by atoms with Crippen LogP contribution in [0.1, 0.15) is 22.3 Å². The van der Waals surface area contributed by atoms with Crippen LogP contribution < -0.4 is 0 Å². The number of likely N-dealkylation sites (tertiary alicyclic amines) is 1. The van der Waals surface area contributed by atoms with Gasteiger partial charge in [0.15, 0.2) is 0 Å². The molecule has 5 nitrogen and oxygen atoms in total. The van der Waals surface area contributed by atoms with Crippen molar-refractivity contribution in [3.63, 3.8) is 0 Å². The predicted octanol–water partition coefficient (Wildman–Crippen LogP) is 1.78. The van der Waals surface area contributed by atoms with E-state index in [9.17, 15) is 13.2 Å². The molecule has 0 aliphatic carbocycles. The summed E-state index contributed by atoms with van der Waals surface area (Å²) in [6.45, 7) is 2.90. The number of rotatable bonds is 3. The minimum absolute atomic E-state index is 0.00408. The van der Waals surface area contributed by atoms with Gasteiger partial charge in [0.05, 0.1) is 11.0 Å². The lowest BCUT2D eigenvalue weighted by Crippen LogP contribution is -2.30. The van der Waals surface area contributed by atoms with E-state index < -0.39 is 9.05 Å². The van der Waals surface area contributed by atoms with Gasteiger partial charge in [-0.05, 0) is 37.1 Å². The van der Waals surface area contributed by atoms with Crippen molar-refractivity contribution in [1.29, 1.82) is 0 Å². The molecular weight excluding hydrogens is 302 g/mol. The van der Waals surface area contributed by atoms with E-state index in [0.717, 1.165) is 6.42 Å². The van der Waals surface area contributed by atoms with Gasteiger partial charge >= 0.3 is 0 Å². The van der Waals surface area contributed by atoms with Crippen LogP contribution in [0.25, 0.3) is 0 Å². The summed E-state index contributed by atoms with van der Waals surface area (Å²) in [5, 5.41) is 0. The number of hydrogen-bond acceptors (Lipinski definition) is 4. The number of aryl methyl sites for hydroxylation is 1. The lowest BCUT2D eigenvalue weighted by atomic mass is 10.1. The van der Waals surface area contributed by atoms with E-state index in [1.807, 2.05) is 0 Å². The fraction of sp³-hybridized carbons (Fsp3) is 0.462. The largest absolute Gasteiger partial charge is 0.380 e. The van der Waals surface area contributed by atoms with E-state index >= 15 is 0 Å². The van der Waals surface area contributed by atoms with Gasteiger partial charge in [0.2, 0.25) is 0 Å². The molecule has 1 saturated heterocycles. The number of hydrogen-bond donors (Lipinski definition) is 0. The van der Waals surface area contributed by atoms with Gasteiger partial charge in [-0.3, -0.25) is 4.79 Å². The summed E-state index contributed by atoms with van der Waals surface area (Å²) in [4.78, 5) is 14.1. The third-order valence-corrected chi connectivity index (χ3v) is 4.83. The van der Waals surface area contributed by atoms with Gasteiger partial charge < -0.3 is 9.64 Å². The van der Waals surface area contributed by atoms with Crippen molar-refractivity contribution in [2.45, 2.75) is 24.3 Å². The normalized spacial score (nSPS) is 19.4. The molecule has 1 aromatic carbocycles. The molecule has 20 heavy (non-hydrogen) atoms. The van der Waals surface area contributed by atoms with Crippen LogP contribution >= 0.6 is 10.7 Å². The van der Waals surface area contributed by atoms with Crippen LogP contribution in [0.15, 0.2) is 23.1 Å².